The molecule has 0 fully saturated rings. The summed E-state index contributed by atoms with van der Waals surface area (Å²) in [5, 5.41) is 10.0. The topological polar surface area (TPSA) is 42.4 Å². The summed E-state index contributed by atoms with van der Waals surface area (Å²) < 4.78 is 6.41. The first-order valence-corrected chi connectivity index (χ1v) is 6.49. The fourth-order valence-electron chi connectivity index (χ4n) is 1.49. The van der Waals surface area contributed by atoms with Crippen molar-refractivity contribution in [1.82, 2.24) is 4.98 Å². The molecule has 2 aromatic rings. The molecule has 0 aliphatic carbocycles. The van der Waals surface area contributed by atoms with Crippen LogP contribution in [0.1, 0.15) is 18.6 Å². The minimum Gasteiger partial charge on any atom is -0.456 e. The summed E-state index contributed by atoms with van der Waals surface area (Å²) in [4.78, 5) is 3.94. The van der Waals surface area contributed by atoms with Gasteiger partial charge in [0.25, 0.3) is 0 Å². The first kappa shape index (κ1) is 13.3. The van der Waals surface area contributed by atoms with Crippen LogP contribution in [0, 0.1) is 0 Å². The molecule has 0 unspecified atom stereocenters. The van der Waals surface area contributed by atoms with Crippen LogP contribution in [0.3, 0.4) is 0 Å². The van der Waals surface area contributed by atoms with Gasteiger partial charge in [-0.05, 0) is 24.6 Å². The van der Waals surface area contributed by atoms with Crippen LogP contribution in [-0.2, 0) is 0 Å². The maximum Gasteiger partial charge on any atom is 0.147 e. The number of aromatic nitrogens is 1. The molecule has 94 valence electrons. The molecule has 0 saturated carbocycles. The van der Waals surface area contributed by atoms with Crippen molar-refractivity contribution in [2.45, 2.75) is 13.0 Å². The number of nitrogens with zero attached hydrogens (tertiary/aromatic N) is 1. The maximum atomic E-state index is 9.52. The average Bonchev–Trinajstić information content (AvgIpc) is 2.28. The van der Waals surface area contributed by atoms with Gasteiger partial charge in [-0.2, -0.15) is 0 Å². The maximum absolute atomic E-state index is 9.52. The number of aliphatic hydroxyl groups excluding tert-OH is 1. The first-order chi connectivity index (χ1) is 8.56. The normalized spacial score (nSPS) is 12.2. The quantitative estimate of drug-likeness (QED) is 0.911. The smallest absolute Gasteiger partial charge is 0.147 e. The number of rotatable bonds is 3. The molecule has 18 heavy (non-hydrogen) atoms. The molecule has 5 heteroatoms. The van der Waals surface area contributed by atoms with E-state index in [4.69, 9.17) is 16.3 Å². The molecule has 0 aliphatic rings. The molecule has 1 aromatic carbocycles. The fourth-order valence-corrected chi connectivity index (χ4v) is 2.35. The fraction of sp³-hybridized carbons (Fsp3) is 0.154. The van der Waals surface area contributed by atoms with Gasteiger partial charge in [-0.15, -0.1) is 0 Å². The predicted octanol–water partition coefficient (Wildman–Crippen LogP) is 4.34. The van der Waals surface area contributed by atoms with Crippen molar-refractivity contribution in [1.29, 1.82) is 0 Å². The van der Waals surface area contributed by atoms with Gasteiger partial charge >= 0.3 is 0 Å². The van der Waals surface area contributed by atoms with Crippen molar-refractivity contribution in [3.05, 3.63) is 51.7 Å². The summed E-state index contributed by atoms with van der Waals surface area (Å²) in [6.07, 6.45) is 2.60. The second kappa shape index (κ2) is 5.69. The molecule has 0 radical (unpaired) electrons. The molecule has 1 heterocycles. The van der Waals surface area contributed by atoms with E-state index in [0.717, 1.165) is 10.0 Å². The summed E-state index contributed by atoms with van der Waals surface area (Å²) in [5.41, 5.74) is 0.812. The van der Waals surface area contributed by atoms with Crippen LogP contribution in [0.4, 0.5) is 0 Å². The Kier molecular flexibility index (Phi) is 4.22. The molecule has 3 nitrogen and oxygen atoms in total. The monoisotopic (exact) mass is 327 g/mol. The van der Waals surface area contributed by atoms with Crippen molar-refractivity contribution in [2.75, 3.05) is 0 Å². The Labute approximate surface area is 119 Å². The second-order valence-corrected chi connectivity index (χ2v) is 5.09. The largest absolute Gasteiger partial charge is 0.456 e. The zero-order chi connectivity index (χ0) is 13.1. The van der Waals surface area contributed by atoms with E-state index < -0.39 is 6.10 Å². The minimum absolute atomic E-state index is 0.521. The first-order valence-electron chi connectivity index (χ1n) is 5.32. The molecule has 0 bridgehead atoms. The van der Waals surface area contributed by atoms with E-state index in [1.807, 2.05) is 6.07 Å². The van der Waals surface area contributed by atoms with Gasteiger partial charge in [0.15, 0.2) is 0 Å². The molecule has 0 spiro atoms. The number of halogens is 2. The lowest BCUT2D eigenvalue weighted by Crippen LogP contribution is -1.93. The van der Waals surface area contributed by atoms with Gasteiger partial charge in [0.2, 0.25) is 0 Å². The number of hydrogen-bond acceptors (Lipinski definition) is 3. The van der Waals surface area contributed by atoms with Crippen LogP contribution in [0.25, 0.3) is 0 Å². The van der Waals surface area contributed by atoms with Crippen molar-refractivity contribution in [2.24, 2.45) is 0 Å². The van der Waals surface area contributed by atoms with Crippen LogP contribution in [0.5, 0.6) is 11.5 Å². The number of aliphatic hydroxyl groups is 1. The standard InChI is InChI=1S/C13H11BrClNO2/c1-8(17)12-3-2-10(5-13(12)14)18-11-4-9(15)6-16-7-11/h2-8,17H,1H3/t8-/m1/s1. The third-order valence-corrected chi connectivity index (χ3v) is 3.23. The van der Waals surface area contributed by atoms with Gasteiger partial charge in [-0.1, -0.05) is 33.6 Å². The van der Waals surface area contributed by atoms with Gasteiger partial charge in [0.1, 0.15) is 11.5 Å². The van der Waals surface area contributed by atoms with Crippen molar-refractivity contribution >= 4 is 27.5 Å². The summed E-state index contributed by atoms with van der Waals surface area (Å²) in [5.74, 6) is 1.22. The zero-order valence-electron chi connectivity index (χ0n) is 9.60. The predicted molar refractivity (Wildman–Crippen MR) is 74.1 cm³/mol. The third kappa shape index (κ3) is 3.22. The van der Waals surface area contributed by atoms with E-state index >= 15 is 0 Å². The number of pyridine rings is 1. The summed E-state index contributed by atoms with van der Waals surface area (Å²) in [6.45, 7) is 1.71. The molecule has 0 aliphatic heterocycles. The Morgan fingerprint density at radius 3 is 2.67 bits per heavy atom. The Morgan fingerprint density at radius 2 is 2.06 bits per heavy atom. The Hall–Kier alpha value is -1.10. The second-order valence-electron chi connectivity index (χ2n) is 3.80. The molecular weight excluding hydrogens is 318 g/mol. The van der Waals surface area contributed by atoms with E-state index in [2.05, 4.69) is 20.9 Å². The van der Waals surface area contributed by atoms with Gasteiger partial charge in [0, 0.05) is 16.7 Å². The van der Waals surface area contributed by atoms with Crippen molar-refractivity contribution in [3.8, 4) is 11.5 Å². The lowest BCUT2D eigenvalue weighted by molar-refractivity contribution is 0.198. The van der Waals surface area contributed by atoms with Gasteiger partial charge in [0.05, 0.1) is 17.3 Å². The van der Waals surface area contributed by atoms with Gasteiger partial charge in [-0.3, -0.25) is 4.98 Å². The van der Waals surface area contributed by atoms with E-state index in [-0.39, 0.29) is 0 Å². The number of ether oxygens (including phenoxy) is 1. The summed E-state index contributed by atoms with van der Waals surface area (Å²) in [7, 11) is 0. The van der Waals surface area contributed by atoms with Crippen LogP contribution < -0.4 is 4.74 Å². The minimum atomic E-state index is -0.527. The Balaban J connectivity index is 2.23. The van der Waals surface area contributed by atoms with Crippen LogP contribution >= 0.6 is 27.5 Å². The lowest BCUT2D eigenvalue weighted by Gasteiger charge is -2.10. The highest BCUT2D eigenvalue weighted by Crippen LogP contribution is 2.30. The highest BCUT2D eigenvalue weighted by Gasteiger charge is 2.08. The van der Waals surface area contributed by atoms with Gasteiger partial charge < -0.3 is 9.84 Å². The summed E-state index contributed by atoms with van der Waals surface area (Å²) >= 11 is 9.22. The molecule has 0 saturated heterocycles. The van der Waals surface area contributed by atoms with Crippen molar-refractivity contribution in [3.63, 3.8) is 0 Å². The molecule has 1 N–H and O–H groups in total. The summed E-state index contributed by atoms with van der Waals surface area (Å²) in [6, 6.07) is 7.07. The van der Waals surface area contributed by atoms with E-state index in [9.17, 15) is 5.11 Å². The van der Waals surface area contributed by atoms with Crippen LogP contribution in [0.2, 0.25) is 5.02 Å². The van der Waals surface area contributed by atoms with Gasteiger partial charge in [-0.25, -0.2) is 0 Å². The molecule has 2 rings (SSSR count). The zero-order valence-corrected chi connectivity index (χ0v) is 11.9. The SMILES string of the molecule is C[C@@H](O)c1ccc(Oc2cncc(Cl)c2)cc1Br. The van der Waals surface area contributed by atoms with Crippen molar-refractivity contribution < 1.29 is 9.84 Å². The molecule has 1 aromatic heterocycles. The highest BCUT2D eigenvalue weighted by molar-refractivity contribution is 9.10. The number of hydrogen-bond donors (Lipinski definition) is 1. The Bertz CT molecular complexity index is 560. The van der Waals surface area contributed by atoms with Crippen LogP contribution in [0.15, 0.2) is 41.1 Å². The van der Waals surface area contributed by atoms with E-state index in [1.165, 1.54) is 0 Å². The molecule has 1 atom stereocenters. The third-order valence-electron chi connectivity index (χ3n) is 2.34. The average molecular weight is 329 g/mol. The van der Waals surface area contributed by atoms with E-state index in [1.54, 1.807) is 37.5 Å². The molecular formula is C13H11BrClNO2. The Morgan fingerprint density at radius 1 is 1.28 bits per heavy atom. The lowest BCUT2D eigenvalue weighted by atomic mass is 10.1. The number of benzene rings is 1. The highest BCUT2D eigenvalue weighted by atomic mass is 79.9. The van der Waals surface area contributed by atoms with E-state index in [0.29, 0.717) is 16.5 Å². The van der Waals surface area contributed by atoms with Crippen LogP contribution in [-0.4, -0.2) is 10.1 Å². The molecule has 0 amide bonds.